The number of rotatable bonds is 3. The SMILES string of the molecule is CCc1cc(S(=O)(=O)Cl)n(-c2cccc(C#N)c2)n1. The molecular formula is C12H10ClN3O2S. The molecule has 5 nitrogen and oxygen atoms in total. The number of aromatic nitrogens is 2. The molecule has 1 aromatic heterocycles. The van der Waals surface area contributed by atoms with Crippen molar-refractivity contribution >= 4 is 19.7 Å². The van der Waals surface area contributed by atoms with Crippen molar-refractivity contribution in [2.45, 2.75) is 18.4 Å². The maximum Gasteiger partial charge on any atom is 0.278 e. The van der Waals surface area contributed by atoms with Crippen LogP contribution in [0.15, 0.2) is 35.4 Å². The number of nitrogens with zero attached hydrogens (tertiary/aromatic N) is 3. The Morgan fingerprint density at radius 2 is 2.16 bits per heavy atom. The van der Waals surface area contributed by atoms with Crippen LogP contribution in [0.3, 0.4) is 0 Å². The van der Waals surface area contributed by atoms with Crippen LogP contribution in [-0.2, 0) is 15.5 Å². The van der Waals surface area contributed by atoms with Gasteiger partial charge in [0.25, 0.3) is 9.05 Å². The predicted molar refractivity (Wildman–Crippen MR) is 70.7 cm³/mol. The van der Waals surface area contributed by atoms with Crippen molar-refractivity contribution in [1.82, 2.24) is 9.78 Å². The smallest absolute Gasteiger partial charge is 0.221 e. The molecule has 0 radical (unpaired) electrons. The number of halogens is 1. The summed E-state index contributed by atoms with van der Waals surface area (Å²) in [5.41, 5.74) is 1.52. The third kappa shape index (κ3) is 2.78. The molecule has 19 heavy (non-hydrogen) atoms. The minimum Gasteiger partial charge on any atom is -0.221 e. The summed E-state index contributed by atoms with van der Waals surface area (Å²) in [6.45, 7) is 1.86. The third-order valence-electron chi connectivity index (χ3n) is 2.56. The minimum atomic E-state index is -3.90. The van der Waals surface area contributed by atoms with Crippen LogP contribution in [0.5, 0.6) is 0 Å². The second kappa shape index (κ2) is 5.03. The zero-order chi connectivity index (χ0) is 14.0. The van der Waals surface area contributed by atoms with E-state index in [1.807, 2.05) is 13.0 Å². The van der Waals surface area contributed by atoms with E-state index in [-0.39, 0.29) is 5.03 Å². The molecular weight excluding hydrogens is 286 g/mol. The van der Waals surface area contributed by atoms with Gasteiger partial charge in [-0.2, -0.15) is 10.4 Å². The van der Waals surface area contributed by atoms with E-state index in [9.17, 15) is 8.42 Å². The molecule has 0 fully saturated rings. The van der Waals surface area contributed by atoms with Crippen LogP contribution in [-0.4, -0.2) is 18.2 Å². The summed E-state index contributed by atoms with van der Waals surface area (Å²) in [7, 11) is 1.50. The van der Waals surface area contributed by atoms with Gasteiger partial charge < -0.3 is 0 Å². The van der Waals surface area contributed by atoms with Crippen LogP contribution in [0.4, 0.5) is 0 Å². The Morgan fingerprint density at radius 1 is 1.42 bits per heavy atom. The Morgan fingerprint density at radius 3 is 2.74 bits per heavy atom. The lowest BCUT2D eigenvalue weighted by molar-refractivity contribution is 0.599. The molecule has 0 saturated carbocycles. The summed E-state index contributed by atoms with van der Waals surface area (Å²) in [5, 5.41) is 13.0. The van der Waals surface area contributed by atoms with Gasteiger partial charge in [-0.3, -0.25) is 0 Å². The van der Waals surface area contributed by atoms with Crippen LogP contribution in [0.1, 0.15) is 18.2 Å². The van der Waals surface area contributed by atoms with Crippen molar-refractivity contribution in [2.75, 3.05) is 0 Å². The lowest BCUT2D eigenvalue weighted by atomic mass is 10.2. The Kier molecular flexibility index (Phi) is 3.60. The fourth-order valence-electron chi connectivity index (χ4n) is 1.65. The van der Waals surface area contributed by atoms with E-state index >= 15 is 0 Å². The molecule has 0 aliphatic heterocycles. The van der Waals surface area contributed by atoms with Gasteiger partial charge in [-0.15, -0.1) is 0 Å². The van der Waals surface area contributed by atoms with Crippen molar-refractivity contribution in [1.29, 1.82) is 5.26 Å². The second-order valence-corrected chi connectivity index (χ2v) is 6.35. The summed E-state index contributed by atoms with van der Waals surface area (Å²) in [6.07, 6.45) is 0.588. The van der Waals surface area contributed by atoms with Gasteiger partial charge in [0.05, 0.1) is 23.0 Å². The lowest BCUT2D eigenvalue weighted by Crippen LogP contribution is -2.05. The van der Waals surface area contributed by atoms with Crippen LogP contribution in [0, 0.1) is 11.3 Å². The normalized spacial score (nSPS) is 11.2. The molecule has 98 valence electrons. The van der Waals surface area contributed by atoms with E-state index in [1.54, 1.807) is 24.3 Å². The average Bonchev–Trinajstić information content (AvgIpc) is 2.83. The summed E-state index contributed by atoms with van der Waals surface area (Å²) in [4.78, 5) is 0. The quantitative estimate of drug-likeness (QED) is 0.814. The Bertz CT molecular complexity index is 760. The van der Waals surface area contributed by atoms with Gasteiger partial charge in [0.2, 0.25) is 0 Å². The van der Waals surface area contributed by atoms with E-state index in [4.69, 9.17) is 15.9 Å². The zero-order valence-corrected chi connectivity index (χ0v) is 11.6. The molecule has 0 spiro atoms. The van der Waals surface area contributed by atoms with E-state index in [2.05, 4.69) is 5.10 Å². The van der Waals surface area contributed by atoms with E-state index < -0.39 is 9.05 Å². The lowest BCUT2D eigenvalue weighted by Gasteiger charge is -2.04. The van der Waals surface area contributed by atoms with Crippen molar-refractivity contribution in [2.24, 2.45) is 0 Å². The number of hydrogen-bond donors (Lipinski definition) is 0. The molecule has 7 heteroatoms. The number of hydrogen-bond acceptors (Lipinski definition) is 4. The molecule has 0 bridgehead atoms. The number of aryl methyl sites for hydroxylation is 1. The van der Waals surface area contributed by atoms with E-state index in [0.29, 0.717) is 23.4 Å². The average molecular weight is 296 g/mol. The Labute approximate surface area is 115 Å². The Balaban J connectivity index is 2.68. The zero-order valence-electron chi connectivity index (χ0n) is 10.0. The van der Waals surface area contributed by atoms with Gasteiger partial charge in [0.15, 0.2) is 5.03 Å². The first-order valence-electron chi connectivity index (χ1n) is 5.50. The van der Waals surface area contributed by atoms with Crippen molar-refractivity contribution in [3.63, 3.8) is 0 Å². The van der Waals surface area contributed by atoms with Crippen LogP contribution in [0.25, 0.3) is 5.69 Å². The molecule has 1 heterocycles. The highest BCUT2D eigenvalue weighted by atomic mass is 35.7. The minimum absolute atomic E-state index is 0.0962. The Hall–Kier alpha value is -1.84. The van der Waals surface area contributed by atoms with Crippen molar-refractivity contribution < 1.29 is 8.42 Å². The first-order chi connectivity index (χ1) is 8.95. The van der Waals surface area contributed by atoms with Crippen LogP contribution >= 0.6 is 10.7 Å². The summed E-state index contributed by atoms with van der Waals surface area (Å²) < 4.78 is 24.3. The maximum atomic E-state index is 11.6. The molecule has 0 N–H and O–H groups in total. The standard InChI is InChI=1S/C12H10ClN3O2S/c1-2-10-7-12(19(13,17)18)16(15-10)11-5-3-4-9(6-11)8-14/h3-7H,2H2,1H3. The maximum absolute atomic E-state index is 11.6. The molecule has 2 rings (SSSR count). The van der Waals surface area contributed by atoms with Crippen molar-refractivity contribution in [3.8, 4) is 11.8 Å². The van der Waals surface area contributed by atoms with Crippen LogP contribution in [0.2, 0.25) is 0 Å². The van der Waals surface area contributed by atoms with Gasteiger partial charge in [-0.05, 0) is 24.6 Å². The second-order valence-electron chi connectivity index (χ2n) is 3.84. The van der Waals surface area contributed by atoms with E-state index in [1.165, 1.54) is 10.7 Å². The molecule has 0 unspecified atom stereocenters. The van der Waals surface area contributed by atoms with Gasteiger partial charge in [0, 0.05) is 16.7 Å². The molecule has 1 aromatic carbocycles. The first kappa shape index (κ1) is 13.6. The van der Waals surface area contributed by atoms with Gasteiger partial charge >= 0.3 is 0 Å². The summed E-state index contributed by atoms with van der Waals surface area (Å²) >= 11 is 0. The monoisotopic (exact) mass is 295 g/mol. The highest BCUT2D eigenvalue weighted by molar-refractivity contribution is 8.13. The highest BCUT2D eigenvalue weighted by Gasteiger charge is 2.20. The molecule has 0 amide bonds. The third-order valence-corrected chi connectivity index (χ3v) is 3.82. The predicted octanol–water partition coefficient (Wildman–Crippen LogP) is 2.23. The largest absolute Gasteiger partial charge is 0.278 e. The number of nitriles is 1. The van der Waals surface area contributed by atoms with Gasteiger partial charge in [0.1, 0.15) is 0 Å². The van der Waals surface area contributed by atoms with Gasteiger partial charge in [-0.1, -0.05) is 13.0 Å². The van der Waals surface area contributed by atoms with Gasteiger partial charge in [-0.25, -0.2) is 13.1 Å². The summed E-state index contributed by atoms with van der Waals surface area (Å²) in [6, 6.07) is 9.93. The molecule has 0 saturated heterocycles. The molecule has 0 aliphatic rings. The highest BCUT2D eigenvalue weighted by Crippen LogP contribution is 2.21. The van der Waals surface area contributed by atoms with E-state index in [0.717, 1.165) is 0 Å². The topological polar surface area (TPSA) is 75.8 Å². The molecule has 0 aliphatic carbocycles. The van der Waals surface area contributed by atoms with Crippen LogP contribution < -0.4 is 0 Å². The molecule has 0 atom stereocenters. The fraction of sp³-hybridized carbons (Fsp3) is 0.167. The number of benzene rings is 1. The molecule has 2 aromatic rings. The first-order valence-corrected chi connectivity index (χ1v) is 7.80. The fourth-order valence-corrected chi connectivity index (χ4v) is 2.61. The summed E-state index contributed by atoms with van der Waals surface area (Å²) in [5.74, 6) is 0. The van der Waals surface area contributed by atoms with Crippen molar-refractivity contribution in [3.05, 3.63) is 41.6 Å².